The maximum absolute atomic E-state index is 11.4. The number of anilines is 1. The van der Waals surface area contributed by atoms with Crippen LogP contribution in [-0.4, -0.2) is 41.9 Å². The summed E-state index contributed by atoms with van der Waals surface area (Å²) in [6.07, 6.45) is 1.32. The number of benzene rings is 1. The van der Waals surface area contributed by atoms with Crippen LogP contribution in [-0.2, 0) is 4.79 Å². The number of hydrogen-bond donors (Lipinski definition) is 0. The fraction of sp³-hybridized carbons (Fsp3) is 0.308. The van der Waals surface area contributed by atoms with Crippen LogP contribution in [0.4, 0.5) is 11.4 Å². The summed E-state index contributed by atoms with van der Waals surface area (Å²) < 4.78 is 0. The largest absolute Gasteiger partial charge is 0.368 e. The minimum atomic E-state index is -0.412. The van der Waals surface area contributed by atoms with Crippen LogP contribution in [0.2, 0.25) is 0 Å². The van der Waals surface area contributed by atoms with Crippen molar-refractivity contribution < 1.29 is 9.72 Å². The van der Waals surface area contributed by atoms with E-state index in [1.807, 2.05) is 0 Å². The predicted molar refractivity (Wildman–Crippen MR) is 72.1 cm³/mol. The first kappa shape index (κ1) is 13.1. The van der Waals surface area contributed by atoms with Crippen LogP contribution in [0.5, 0.6) is 0 Å². The molecule has 0 atom stereocenters. The van der Waals surface area contributed by atoms with E-state index in [1.165, 1.54) is 18.2 Å². The lowest BCUT2D eigenvalue weighted by atomic mass is 10.2. The highest BCUT2D eigenvalue weighted by Gasteiger charge is 2.19. The lowest BCUT2D eigenvalue weighted by molar-refractivity contribution is -0.384. The van der Waals surface area contributed by atoms with E-state index in [9.17, 15) is 14.9 Å². The van der Waals surface area contributed by atoms with E-state index in [4.69, 9.17) is 0 Å². The Hall–Kier alpha value is -2.37. The van der Waals surface area contributed by atoms with Gasteiger partial charge in [0.1, 0.15) is 0 Å². The Bertz CT molecular complexity index is 490. The number of nitro groups is 1. The average Bonchev–Trinajstić information content (AvgIpc) is 2.46. The molecule has 0 saturated carbocycles. The fourth-order valence-electron chi connectivity index (χ4n) is 2.10. The first-order chi connectivity index (χ1) is 9.11. The summed E-state index contributed by atoms with van der Waals surface area (Å²) >= 11 is 0. The molecule has 0 radical (unpaired) electrons. The van der Waals surface area contributed by atoms with Crippen molar-refractivity contribution in [2.24, 2.45) is 0 Å². The molecule has 1 amide bonds. The molecule has 0 aliphatic carbocycles. The van der Waals surface area contributed by atoms with E-state index in [0.717, 1.165) is 18.8 Å². The molecule has 6 heteroatoms. The van der Waals surface area contributed by atoms with Gasteiger partial charge in [-0.2, -0.15) is 0 Å². The molecule has 6 nitrogen and oxygen atoms in total. The van der Waals surface area contributed by atoms with Crippen molar-refractivity contribution in [1.82, 2.24) is 4.90 Å². The quantitative estimate of drug-likeness (QED) is 0.469. The van der Waals surface area contributed by atoms with Gasteiger partial charge in [0.05, 0.1) is 4.92 Å². The Kier molecular flexibility index (Phi) is 3.79. The minimum absolute atomic E-state index is 0.0525. The number of nitro benzene ring substituents is 1. The van der Waals surface area contributed by atoms with Gasteiger partial charge in [0.15, 0.2) is 0 Å². The zero-order valence-corrected chi connectivity index (χ0v) is 10.5. The first-order valence-electron chi connectivity index (χ1n) is 6.02. The van der Waals surface area contributed by atoms with Crippen LogP contribution in [0.3, 0.4) is 0 Å². The topological polar surface area (TPSA) is 66.7 Å². The third-order valence-electron chi connectivity index (χ3n) is 3.19. The maximum Gasteiger partial charge on any atom is 0.269 e. The van der Waals surface area contributed by atoms with Gasteiger partial charge in [-0.3, -0.25) is 14.9 Å². The van der Waals surface area contributed by atoms with Crippen LogP contribution in [0.15, 0.2) is 36.9 Å². The third kappa shape index (κ3) is 2.90. The molecule has 0 N–H and O–H groups in total. The molecular weight excluding hydrogens is 246 g/mol. The number of carbonyl (C=O) groups is 1. The van der Waals surface area contributed by atoms with Gasteiger partial charge >= 0.3 is 0 Å². The van der Waals surface area contributed by atoms with E-state index < -0.39 is 4.92 Å². The Balaban J connectivity index is 1.99. The maximum atomic E-state index is 11.4. The van der Waals surface area contributed by atoms with Crippen molar-refractivity contribution in [1.29, 1.82) is 0 Å². The highest BCUT2D eigenvalue weighted by Crippen LogP contribution is 2.20. The second-order valence-corrected chi connectivity index (χ2v) is 4.29. The van der Waals surface area contributed by atoms with E-state index in [-0.39, 0.29) is 11.6 Å². The van der Waals surface area contributed by atoms with Gasteiger partial charge in [-0.1, -0.05) is 6.58 Å². The molecule has 1 aliphatic rings. The summed E-state index contributed by atoms with van der Waals surface area (Å²) in [6, 6.07) is 6.47. The number of carbonyl (C=O) groups excluding carboxylic acids is 1. The Labute approximate surface area is 111 Å². The monoisotopic (exact) mass is 261 g/mol. The first-order valence-corrected chi connectivity index (χ1v) is 6.02. The van der Waals surface area contributed by atoms with Gasteiger partial charge in [0.25, 0.3) is 5.69 Å². The summed E-state index contributed by atoms with van der Waals surface area (Å²) in [4.78, 5) is 25.5. The Morgan fingerprint density at radius 1 is 1.21 bits per heavy atom. The molecule has 1 aromatic carbocycles. The van der Waals surface area contributed by atoms with Gasteiger partial charge < -0.3 is 9.80 Å². The molecule has 0 bridgehead atoms. The molecular formula is C13H15N3O3. The van der Waals surface area contributed by atoms with Crippen molar-refractivity contribution in [3.8, 4) is 0 Å². The molecule has 1 saturated heterocycles. The Morgan fingerprint density at radius 2 is 1.79 bits per heavy atom. The standard InChI is InChI=1S/C13H15N3O3/c1-2-13(17)15-9-7-14(8-10-15)11-3-5-12(6-4-11)16(18)19/h2-6H,1,7-10H2. The highest BCUT2D eigenvalue weighted by molar-refractivity contribution is 5.87. The molecule has 0 aromatic heterocycles. The number of non-ortho nitro benzene ring substituents is 1. The zero-order chi connectivity index (χ0) is 13.8. The van der Waals surface area contributed by atoms with E-state index in [1.54, 1.807) is 17.0 Å². The van der Waals surface area contributed by atoms with Crippen molar-refractivity contribution >= 4 is 17.3 Å². The molecule has 1 aliphatic heterocycles. The number of piperazine rings is 1. The lowest BCUT2D eigenvalue weighted by Gasteiger charge is -2.35. The fourth-order valence-corrected chi connectivity index (χ4v) is 2.10. The average molecular weight is 261 g/mol. The number of amides is 1. The van der Waals surface area contributed by atoms with Crippen LogP contribution >= 0.6 is 0 Å². The van der Waals surface area contributed by atoms with Crippen LogP contribution in [0, 0.1) is 10.1 Å². The van der Waals surface area contributed by atoms with E-state index in [0.29, 0.717) is 13.1 Å². The summed E-state index contributed by atoms with van der Waals surface area (Å²) in [6.45, 7) is 6.19. The molecule has 19 heavy (non-hydrogen) atoms. The molecule has 1 fully saturated rings. The van der Waals surface area contributed by atoms with Gasteiger partial charge in [-0.25, -0.2) is 0 Å². The van der Waals surface area contributed by atoms with Gasteiger partial charge in [0, 0.05) is 44.0 Å². The highest BCUT2D eigenvalue weighted by atomic mass is 16.6. The Morgan fingerprint density at radius 3 is 2.26 bits per heavy atom. The van der Waals surface area contributed by atoms with E-state index in [2.05, 4.69) is 11.5 Å². The summed E-state index contributed by atoms with van der Waals surface area (Å²) in [5.41, 5.74) is 1.03. The second-order valence-electron chi connectivity index (χ2n) is 4.29. The number of hydrogen-bond acceptors (Lipinski definition) is 4. The molecule has 2 rings (SSSR count). The van der Waals surface area contributed by atoms with Crippen molar-refractivity contribution in [3.63, 3.8) is 0 Å². The molecule has 100 valence electrons. The zero-order valence-electron chi connectivity index (χ0n) is 10.5. The molecule has 0 spiro atoms. The minimum Gasteiger partial charge on any atom is -0.368 e. The van der Waals surface area contributed by atoms with Crippen LogP contribution < -0.4 is 4.90 Å². The number of nitrogens with zero attached hydrogens (tertiary/aromatic N) is 3. The van der Waals surface area contributed by atoms with Crippen molar-refractivity contribution in [2.45, 2.75) is 0 Å². The normalized spacial score (nSPS) is 15.2. The molecule has 1 heterocycles. The van der Waals surface area contributed by atoms with Gasteiger partial charge in [-0.05, 0) is 18.2 Å². The SMILES string of the molecule is C=CC(=O)N1CCN(c2ccc([N+](=O)[O-])cc2)CC1. The summed E-state index contributed by atoms with van der Waals surface area (Å²) in [5, 5.41) is 10.6. The second kappa shape index (κ2) is 5.51. The summed E-state index contributed by atoms with van der Waals surface area (Å²) in [7, 11) is 0. The lowest BCUT2D eigenvalue weighted by Crippen LogP contribution is -2.48. The van der Waals surface area contributed by atoms with Crippen LogP contribution in [0.25, 0.3) is 0 Å². The number of rotatable bonds is 3. The third-order valence-corrected chi connectivity index (χ3v) is 3.19. The van der Waals surface area contributed by atoms with Crippen molar-refractivity contribution in [3.05, 3.63) is 47.0 Å². The van der Waals surface area contributed by atoms with Crippen LogP contribution in [0.1, 0.15) is 0 Å². The molecule has 0 unspecified atom stereocenters. The summed E-state index contributed by atoms with van der Waals surface area (Å²) in [5.74, 6) is -0.0525. The van der Waals surface area contributed by atoms with Crippen molar-refractivity contribution in [2.75, 3.05) is 31.1 Å². The molecule has 1 aromatic rings. The van der Waals surface area contributed by atoms with Gasteiger partial charge in [-0.15, -0.1) is 0 Å². The van der Waals surface area contributed by atoms with Gasteiger partial charge in [0.2, 0.25) is 5.91 Å². The predicted octanol–water partition coefficient (Wildman–Crippen LogP) is 1.43. The smallest absolute Gasteiger partial charge is 0.269 e. The van der Waals surface area contributed by atoms with E-state index >= 15 is 0 Å².